The Balaban J connectivity index is 1.17. The second-order valence-electron chi connectivity index (χ2n) is 19.4. The van der Waals surface area contributed by atoms with Gasteiger partial charge in [0.15, 0.2) is 0 Å². The van der Waals surface area contributed by atoms with Gasteiger partial charge < -0.3 is 25.0 Å². The highest BCUT2D eigenvalue weighted by Crippen LogP contribution is 2.67. The Morgan fingerprint density at radius 1 is 1.02 bits per heavy atom. The van der Waals surface area contributed by atoms with Gasteiger partial charge in [-0.1, -0.05) is 65.5 Å². The van der Waals surface area contributed by atoms with Crippen molar-refractivity contribution in [2.45, 2.75) is 156 Å². The third-order valence-electron chi connectivity index (χ3n) is 13.9. The molecule has 1 saturated heterocycles. The number of carbonyl (C=O) groups is 3. The molecule has 5 unspecified atom stereocenters. The number of nitrogens with zero attached hydrogens (tertiary/aromatic N) is 2. The molecule has 3 saturated carbocycles. The molecule has 4 fully saturated rings. The summed E-state index contributed by atoms with van der Waals surface area (Å²) in [5, 5.41) is 5.95. The Hall–Kier alpha value is -2.29. The van der Waals surface area contributed by atoms with Gasteiger partial charge in [-0.25, -0.2) is 9.59 Å². The van der Waals surface area contributed by atoms with E-state index in [1.54, 1.807) is 0 Å². The maximum absolute atomic E-state index is 13.3. The first-order valence-corrected chi connectivity index (χ1v) is 20.5. The van der Waals surface area contributed by atoms with Crippen LogP contribution in [0.5, 0.6) is 0 Å². The zero-order chi connectivity index (χ0) is 37.3. The Labute approximate surface area is 309 Å². The van der Waals surface area contributed by atoms with E-state index in [0.717, 1.165) is 54.8 Å². The molecule has 0 aromatic rings. The van der Waals surface area contributed by atoms with Gasteiger partial charge in [0.2, 0.25) is 5.91 Å². The van der Waals surface area contributed by atoms with Crippen molar-refractivity contribution in [3.05, 3.63) is 11.6 Å². The first kappa shape index (κ1) is 39.9. The second-order valence-corrected chi connectivity index (χ2v) is 19.4. The summed E-state index contributed by atoms with van der Waals surface area (Å²) in [6, 6.07) is -1.12. The summed E-state index contributed by atoms with van der Waals surface area (Å²) < 4.78 is 11.7. The summed E-state index contributed by atoms with van der Waals surface area (Å²) in [7, 11) is 3.89. The smallest absolute Gasteiger partial charge is 0.411 e. The molecule has 0 radical (unpaired) electrons. The van der Waals surface area contributed by atoms with Crippen molar-refractivity contribution in [3.63, 3.8) is 0 Å². The van der Waals surface area contributed by atoms with Gasteiger partial charge in [0.25, 0.3) is 0 Å². The minimum absolute atomic E-state index is 0.161. The number of allylic oxidation sites excluding steroid dienone is 1. The molecule has 5 rings (SSSR count). The molecule has 290 valence electrons. The number of likely N-dealkylation sites (tertiary alicyclic amines) is 1. The highest BCUT2D eigenvalue weighted by Gasteiger charge is 2.59. The number of hydrogen-bond acceptors (Lipinski definition) is 6. The van der Waals surface area contributed by atoms with Crippen LogP contribution >= 0.6 is 0 Å². The molecule has 3 amide bonds. The monoisotopic (exact) mass is 713 g/mol. The van der Waals surface area contributed by atoms with E-state index in [-0.39, 0.29) is 24.0 Å². The van der Waals surface area contributed by atoms with Crippen molar-refractivity contribution in [1.29, 1.82) is 0 Å². The summed E-state index contributed by atoms with van der Waals surface area (Å²) >= 11 is 0. The van der Waals surface area contributed by atoms with Crippen LogP contribution in [0, 0.1) is 46.3 Å². The molecule has 2 N–H and O–H groups in total. The Morgan fingerprint density at radius 2 is 1.76 bits per heavy atom. The van der Waals surface area contributed by atoms with Gasteiger partial charge in [-0.2, -0.15) is 0 Å². The lowest BCUT2D eigenvalue weighted by Crippen LogP contribution is -2.51. The normalized spacial score (nSPS) is 35.4. The summed E-state index contributed by atoms with van der Waals surface area (Å²) in [5.74, 6) is 4.57. The molecule has 1 aliphatic heterocycles. The zero-order valence-electron chi connectivity index (χ0n) is 33.8. The SMILES string of the molecule is CC(C)CCC[C@@H](C)[C@H]1CCC2C3CC=C4CC(OC(=O)N[C@H]5CC(C(=O)NCCN(C)C)N(C(=O)OC(C)(C)C)C5)CC[C@]4(C)C3CC[C@@]21C. The predicted molar refractivity (Wildman–Crippen MR) is 203 cm³/mol. The van der Waals surface area contributed by atoms with Crippen LogP contribution < -0.4 is 10.6 Å². The van der Waals surface area contributed by atoms with Gasteiger partial charge in [-0.15, -0.1) is 0 Å². The molecule has 0 spiro atoms. The molecule has 0 bridgehead atoms. The van der Waals surface area contributed by atoms with Crippen molar-refractivity contribution >= 4 is 18.1 Å². The van der Waals surface area contributed by atoms with Crippen LogP contribution in [-0.2, 0) is 14.3 Å². The average molecular weight is 713 g/mol. The van der Waals surface area contributed by atoms with Crippen LogP contribution in [0.15, 0.2) is 11.6 Å². The van der Waals surface area contributed by atoms with E-state index < -0.39 is 29.9 Å². The summed E-state index contributed by atoms with van der Waals surface area (Å²) in [4.78, 5) is 43.0. The highest BCUT2D eigenvalue weighted by molar-refractivity contribution is 5.86. The zero-order valence-corrected chi connectivity index (χ0v) is 33.8. The molecule has 9 heteroatoms. The largest absolute Gasteiger partial charge is 0.446 e. The van der Waals surface area contributed by atoms with Gasteiger partial charge in [-0.05, 0) is 133 Å². The minimum Gasteiger partial charge on any atom is -0.446 e. The topological polar surface area (TPSA) is 100 Å². The van der Waals surface area contributed by atoms with E-state index in [1.807, 2.05) is 39.8 Å². The predicted octanol–water partition coefficient (Wildman–Crippen LogP) is 8.18. The maximum atomic E-state index is 13.3. The molecule has 5 aliphatic rings. The van der Waals surface area contributed by atoms with Gasteiger partial charge >= 0.3 is 12.2 Å². The first-order valence-electron chi connectivity index (χ1n) is 20.5. The third kappa shape index (κ3) is 9.09. The fourth-order valence-corrected chi connectivity index (χ4v) is 11.3. The van der Waals surface area contributed by atoms with E-state index in [9.17, 15) is 14.4 Å². The van der Waals surface area contributed by atoms with E-state index >= 15 is 0 Å². The van der Waals surface area contributed by atoms with Gasteiger partial charge in [0, 0.05) is 26.1 Å². The molecule has 10 atom stereocenters. The maximum Gasteiger partial charge on any atom is 0.411 e. The standard InChI is InChI=1S/C42H72N4O5/c1-27(2)12-11-13-28(3)33-16-17-34-32-15-14-29-24-31(18-20-41(29,7)35(32)19-21-42(33,34)8)50-38(48)44-30-25-36(37(47)43-22-23-45(9)10)46(26-30)39(49)51-40(4,5)6/h14,27-28,30-36H,11-13,15-26H2,1-10H3,(H,43,47)(H,44,48)/t28-,30+,31?,32?,33-,34?,35?,36?,41+,42-/m1/s1. The summed E-state index contributed by atoms with van der Waals surface area (Å²) in [6.07, 6.45) is 15.2. The number of carbonyl (C=O) groups excluding carboxylic acids is 3. The van der Waals surface area contributed by atoms with Crippen LogP contribution in [0.3, 0.4) is 0 Å². The van der Waals surface area contributed by atoms with Crippen molar-refractivity contribution < 1.29 is 23.9 Å². The summed E-state index contributed by atoms with van der Waals surface area (Å²) in [5.41, 5.74) is 1.47. The fraction of sp³-hybridized carbons (Fsp3) is 0.881. The van der Waals surface area contributed by atoms with Gasteiger partial charge in [0.05, 0.1) is 6.04 Å². The number of nitrogens with one attached hydrogen (secondary N) is 2. The molecule has 0 aromatic heterocycles. The Bertz CT molecular complexity index is 1280. The van der Waals surface area contributed by atoms with Crippen molar-refractivity contribution in [1.82, 2.24) is 20.4 Å². The first-order chi connectivity index (χ1) is 23.9. The number of likely N-dealkylation sites (N-methyl/N-ethyl adjacent to an activating group) is 1. The number of alkyl carbamates (subject to hydrolysis) is 1. The number of amides is 3. The average Bonchev–Trinajstić information content (AvgIpc) is 3.61. The van der Waals surface area contributed by atoms with E-state index in [4.69, 9.17) is 9.47 Å². The molecular formula is C42H72N4O5. The number of rotatable bonds is 11. The lowest BCUT2D eigenvalue weighted by molar-refractivity contribution is -0.125. The number of hydrogen-bond donors (Lipinski definition) is 2. The lowest BCUT2D eigenvalue weighted by atomic mass is 9.47. The molecular weight excluding hydrogens is 640 g/mol. The molecule has 51 heavy (non-hydrogen) atoms. The minimum atomic E-state index is -0.719. The van der Waals surface area contributed by atoms with Crippen LogP contribution in [0.25, 0.3) is 0 Å². The fourth-order valence-electron chi connectivity index (χ4n) is 11.3. The third-order valence-corrected chi connectivity index (χ3v) is 13.9. The van der Waals surface area contributed by atoms with Gasteiger partial charge in [-0.3, -0.25) is 9.69 Å². The van der Waals surface area contributed by atoms with Crippen LogP contribution in [0.2, 0.25) is 0 Å². The Kier molecular flexibility index (Phi) is 12.5. The van der Waals surface area contributed by atoms with E-state index in [2.05, 4.69) is 51.3 Å². The van der Waals surface area contributed by atoms with Crippen molar-refractivity contribution in [2.75, 3.05) is 33.7 Å². The van der Waals surface area contributed by atoms with Crippen molar-refractivity contribution in [3.8, 4) is 0 Å². The molecule has 4 aliphatic carbocycles. The molecule has 1 heterocycles. The van der Waals surface area contributed by atoms with E-state index in [1.165, 1.54) is 61.8 Å². The summed E-state index contributed by atoms with van der Waals surface area (Å²) in [6.45, 7) is 19.2. The van der Waals surface area contributed by atoms with Crippen LogP contribution in [0.4, 0.5) is 9.59 Å². The van der Waals surface area contributed by atoms with E-state index in [0.29, 0.717) is 24.9 Å². The van der Waals surface area contributed by atoms with Gasteiger partial charge in [0.1, 0.15) is 17.7 Å². The van der Waals surface area contributed by atoms with Crippen LogP contribution in [0.1, 0.15) is 132 Å². The quantitative estimate of drug-likeness (QED) is 0.210. The molecule has 9 nitrogen and oxygen atoms in total. The molecule has 0 aromatic carbocycles. The van der Waals surface area contributed by atoms with Crippen LogP contribution in [-0.4, -0.2) is 85.4 Å². The lowest BCUT2D eigenvalue weighted by Gasteiger charge is -2.58. The number of ether oxygens (including phenoxy) is 2. The number of fused-ring (bicyclic) bond motifs is 5. The van der Waals surface area contributed by atoms with Crippen molar-refractivity contribution in [2.24, 2.45) is 46.3 Å². The highest BCUT2D eigenvalue weighted by atomic mass is 16.6. The second kappa shape index (κ2) is 16.0. The Morgan fingerprint density at radius 3 is 2.45 bits per heavy atom.